The van der Waals surface area contributed by atoms with Gasteiger partial charge in [0.2, 0.25) is 11.8 Å². The number of rotatable bonds is 3. The molecule has 0 spiro atoms. The van der Waals surface area contributed by atoms with Crippen LogP contribution in [0.15, 0.2) is 18.2 Å². The predicted octanol–water partition coefficient (Wildman–Crippen LogP) is 2.40. The molecule has 0 saturated carbocycles. The van der Waals surface area contributed by atoms with Crippen molar-refractivity contribution in [1.29, 1.82) is 0 Å². The molecule has 1 saturated heterocycles. The van der Waals surface area contributed by atoms with Gasteiger partial charge in [-0.3, -0.25) is 14.5 Å². The van der Waals surface area contributed by atoms with Crippen molar-refractivity contribution in [3.05, 3.63) is 29.6 Å². The van der Waals surface area contributed by atoms with Gasteiger partial charge < -0.3 is 5.32 Å². The Balaban J connectivity index is 2.41. The predicted molar refractivity (Wildman–Crippen MR) is 79.5 cm³/mol. The van der Waals surface area contributed by atoms with E-state index in [1.54, 1.807) is 26.0 Å². The van der Waals surface area contributed by atoms with Crippen LogP contribution in [-0.2, 0) is 9.59 Å². The van der Waals surface area contributed by atoms with Gasteiger partial charge in [0.1, 0.15) is 17.9 Å². The fourth-order valence-corrected chi connectivity index (χ4v) is 2.65. The monoisotopic (exact) mass is 292 g/mol. The molecule has 1 aliphatic heterocycles. The van der Waals surface area contributed by atoms with Gasteiger partial charge in [-0.25, -0.2) is 4.39 Å². The number of benzene rings is 1. The minimum atomic E-state index is -0.638. The molecule has 2 unspecified atom stereocenters. The molecule has 21 heavy (non-hydrogen) atoms. The summed E-state index contributed by atoms with van der Waals surface area (Å²) in [5.41, 5.74) is 0.854. The Morgan fingerprint density at radius 2 is 2.00 bits per heavy atom. The highest BCUT2D eigenvalue weighted by Crippen LogP contribution is 2.27. The van der Waals surface area contributed by atoms with Gasteiger partial charge in [0, 0.05) is 5.56 Å². The molecule has 0 bridgehead atoms. The summed E-state index contributed by atoms with van der Waals surface area (Å²) in [5.74, 6) is -0.476. The number of amides is 2. The zero-order valence-electron chi connectivity index (χ0n) is 12.8. The van der Waals surface area contributed by atoms with E-state index in [1.807, 2.05) is 13.8 Å². The van der Waals surface area contributed by atoms with Crippen LogP contribution < -0.4 is 10.2 Å². The average Bonchev–Trinajstić information content (AvgIpc) is 2.40. The highest BCUT2D eigenvalue weighted by Gasteiger charge is 2.39. The third-order valence-electron chi connectivity index (χ3n) is 3.82. The van der Waals surface area contributed by atoms with Crippen molar-refractivity contribution in [2.75, 3.05) is 4.90 Å². The maximum absolute atomic E-state index is 13.8. The van der Waals surface area contributed by atoms with Crippen LogP contribution in [0.3, 0.4) is 0 Å². The maximum Gasteiger partial charge on any atom is 0.250 e. The van der Waals surface area contributed by atoms with Crippen molar-refractivity contribution in [2.45, 2.75) is 46.2 Å². The lowest BCUT2D eigenvalue weighted by atomic mass is 9.97. The molecule has 0 aromatic heterocycles. The number of carbonyl (C=O) groups excluding carboxylic acids is 2. The standard InChI is InChI=1S/C16H21FN2O2/c1-9(2)8-13-16(21)19(11(4)15(20)18-13)14-7-5-6-12(17)10(14)3/h5-7,9,11,13H,8H2,1-4H3,(H,18,20). The Morgan fingerprint density at radius 1 is 1.33 bits per heavy atom. The summed E-state index contributed by atoms with van der Waals surface area (Å²) in [6, 6.07) is 3.40. The fraction of sp³-hybridized carbons (Fsp3) is 0.500. The van der Waals surface area contributed by atoms with E-state index in [-0.39, 0.29) is 23.5 Å². The Labute approximate surface area is 124 Å². The van der Waals surface area contributed by atoms with Crippen molar-refractivity contribution < 1.29 is 14.0 Å². The first-order valence-corrected chi connectivity index (χ1v) is 7.21. The van der Waals surface area contributed by atoms with Crippen LogP contribution in [0.2, 0.25) is 0 Å². The number of anilines is 1. The normalized spacial score (nSPS) is 22.7. The second-order valence-electron chi connectivity index (χ2n) is 5.96. The van der Waals surface area contributed by atoms with Crippen LogP contribution in [0.5, 0.6) is 0 Å². The van der Waals surface area contributed by atoms with Gasteiger partial charge in [-0.2, -0.15) is 0 Å². The van der Waals surface area contributed by atoms with E-state index in [0.29, 0.717) is 17.7 Å². The maximum atomic E-state index is 13.8. The van der Waals surface area contributed by atoms with Crippen molar-refractivity contribution >= 4 is 17.5 Å². The molecule has 5 heteroatoms. The summed E-state index contributed by atoms with van der Waals surface area (Å²) in [6.07, 6.45) is 0.572. The van der Waals surface area contributed by atoms with E-state index < -0.39 is 12.1 Å². The summed E-state index contributed by atoms with van der Waals surface area (Å²) < 4.78 is 13.8. The van der Waals surface area contributed by atoms with E-state index in [0.717, 1.165) is 0 Å². The quantitative estimate of drug-likeness (QED) is 0.930. The molecular formula is C16H21FN2O2. The lowest BCUT2D eigenvalue weighted by Gasteiger charge is -2.38. The average molecular weight is 292 g/mol. The van der Waals surface area contributed by atoms with Crippen LogP contribution >= 0.6 is 0 Å². The number of halogens is 1. The summed E-state index contributed by atoms with van der Waals surface area (Å²) in [6.45, 7) is 7.27. The molecule has 2 atom stereocenters. The van der Waals surface area contributed by atoms with Crippen LogP contribution in [0.4, 0.5) is 10.1 Å². The molecule has 0 radical (unpaired) electrons. The zero-order chi connectivity index (χ0) is 15.7. The summed E-state index contributed by atoms with van der Waals surface area (Å²) in [7, 11) is 0. The molecule has 1 aromatic rings. The largest absolute Gasteiger partial charge is 0.342 e. The Morgan fingerprint density at radius 3 is 2.62 bits per heavy atom. The molecule has 4 nitrogen and oxygen atoms in total. The highest BCUT2D eigenvalue weighted by atomic mass is 19.1. The molecule has 2 amide bonds. The van der Waals surface area contributed by atoms with Crippen LogP contribution in [0.25, 0.3) is 0 Å². The minimum Gasteiger partial charge on any atom is -0.342 e. The van der Waals surface area contributed by atoms with Gasteiger partial charge >= 0.3 is 0 Å². The Kier molecular flexibility index (Phi) is 4.30. The smallest absolute Gasteiger partial charge is 0.250 e. The molecule has 1 aromatic carbocycles. The van der Waals surface area contributed by atoms with Gasteiger partial charge in [0.25, 0.3) is 0 Å². The first kappa shape index (κ1) is 15.5. The first-order chi connectivity index (χ1) is 9.82. The van der Waals surface area contributed by atoms with Gasteiger partial charge in [-0.15, -0.1) is 0 Å². The molecule has 1 heterocycles. The zero-order valence-corrected chi connectivity index (χ0v) is 12.8. The lowest BCUT2D eigenvalue weighted by molar-refractivity contribution is -0.133. The van der Waals surface area contributed by atoms with Crippen molar-refractivity contribution in [3.8, 4) is 0 Å². The van der Waals surface area contributed by atoms with E-state index in [4.69, 9.17) is 0 Å². The molecule has 1 N–H and O–H groups in total. The first-order valence-electron chi connectivity index (χ1n) is 7.21. The van der Waals surface area contributed by atoms with Crippen LogP contribution in [-0.4, -0.2) is 23.9 Å². The molecule has 1 aliphatic rings. The van der Waals surface area contributed by atoms with Crippen molar-refractivity contribution in [2.24, 2.45) is 5.92 Å². The number of nitrogens with one attached hydrogen (secondary N) is 1. The summed E-state index contributed by atoms with van der Waals surface area (Å²) in [4.78, 5) is 26.2. The molecule has 0 aliphatic carbocycles. The van der Waals surface area contributed by atoms with Gasteiger partial charge in [-0.05, 0) is 38.3 Å². The molecule has 2 rings (SSSR count). The lowest BCUT2D eigenvalue weighted by Crippen LogP contribution is -2.63. The molecular weight excluding hydrogens is 271 g/mol. The highest BCUT2D eigenvalue weighted by molar-refractivity contribution is 6.08. The van der Waals surface area contributed by atoms with E-state index in [9.17, 15) is 14.0 Å². The Hall–Kier alpha value is -1.91. The number of hydrogen-bond acceptors (Lipinski definition) is 2. The van der Waals surface area contributed by atoms with E-state index in [1.165, 1.54) is 11.0 Å². The molecule has 114 valence electrons. The van der Waals surface area contributed by atoms with Gasteiger partial charge in [-0.1, -0.05) is 19.9 Å². The summed E-state index contributed by atoms with van der Waals surface area (Å²) in [5, 5.41) is 2.76. The van der Waals surface area contributed by atoms with E-state index in [2.05, 4.69) is 5.32 Å². The number of hydrogen-bond donors (Lipinski definition) is 1. The van der Waals surface area contributed by atoms with Crippen molar-refractivity contribution in [3.63, 3.8) is 0 Å². The minimum absolute atomic E-state index is 0.176. The van der Waals surface area contributed by atoms with Crippen molar-refractivity contribution in [1.82, 2.24) is 5.32 Å². The van der Waals surface area contributed by atoms with Gasteiger partial charge in [0.15, 0.2) is 0 Å². The fourth-order valence-electron chi connectivity index (χ4n) is 2.65. The SMILES string of the molecule is Cc1c(F)cccc1N1C(=O)C(CC(C)C)NC(=O)C1C. The van der Waals surface area contributed by atoms with Gasteiger partial charge in [0.05, 0.1) is 5.69 Å². The third-order valence-corrected chi connectivity index (χ3v) is 3.82. The molecule has 1 fully saturated rings. The van der Waals surface area contributed by atoms with E-state index >= 15 is 0 Å². The second kappa shape index (κ2) is 5.84. The second-order valence-corrected chi connectivity index (χ2v) is 5.96. The van der Waals surface area contributed by atoms with Crippen LogP contribution in [0, 0.1) is 18.7 Å². The number of carbonyl (C=O) groups is 2. The number of nitrogens with zero attached hydrogens (tertiary/aromatic N) is 1. The third kappa shape index (κ3) is 2.91. The Bertz CT molecular complexity index is 571. The van der Waals surface area contributed by atoms with Crippen LogP contribution in [0.1, 0.15) is 32.8 Å². The number of piperazine rings is 1. The topological polar surface area (TPSA) is 49.4 Å². The summed E-state index contributed by atoms with van der Waals surface area (Å²) >= 11 is 0.